The summed E-state index contributed by atoms with van der Waals surface area (Å²) in [4.78, 5) is 0. The predicted molar refractivity (Wildman–Crippen MR) is 58.4 cm³/mol. The van der Waals surface area contributed by atoms with Gasteiger partial charge in [-0.05, 0) is 25.3 Å². The van der Waals surface area contributed by atoms with Gasteiger partial charge in [0.25, 0.3) is 0 Å². The third-order valence-corrected chi connectivity index (χ3v) is 2.84. The topological polar surface area (TPSA) is 53.1 Å². The lowest BCUT2D eigenvalue weighted by atomic mass is 10.0. The summed E-state index contributed by atoms with van der Waals surface area (Å²) in [5.74, 6) is 0. The molecule has 1 aromatic rings. The molecule has 1 saturated heterocycles. The molecule has 2 unspecified atom stereocenters. The molecule has 1 aromatic heterocycles. The first-order chi connectivity index (χ1) is 7.31. The Balaban J connectivity index is 2.10. The first-order valence-electron chi connectivity index (χ1n) is 5.70. The minimum Gasteiger partial charge on any atom is -0.372 e. The standard InChI is InChI=1S/C11H19N3O/c1-2-6-14-10(3-5-13-14)11-8-9(12)4-7-15-11/h3,5,9,11H,2,4,6-8,12H2,1H3. The number of ether oxygens (including phenoxy) is 1. The van der Waals surface area contributed by atoms with E-state index < -0.39 is 0 Å². The van der Waals surface area contributed by atoms with E-state index in [1.54, 1.807) is 0 Å². The monoisotopic (exact) mass is 209 g/mol. The molecule has 84 valence electrons. The van der Waals surface area contributed by atoms with Gasteiger partial charge < -0.3 is 10.5 Å². The van der Waals surface area contributed by atoms with E-state index in [1.807, 2.05) is 16.9 Å². The van der Waals surface area contributed by atoms with E-state index in [9.17, 15) is 0 Å². The molecule has 0 saturated carbocycles. The van der Waals surface area contributed by atoms with Crippen LogP contribution in [-0.2, 0) is 11.3 Å². The molecule has 0 amide bonds. The van der Waals surface area contributed by atoms with E-state index in [2.05, 4.69) is 12.0 Å². The molecule has 1 aliphatic rings. The smallest absolute Gasteiger partial charge is 0.101 e. The highest BCUT2D eigenvalue weighted by molar-refractivity contribution is 5.06. The molecule has 0 bridgehead atoms. The highest BCUT2D eigenvalue weighted by Gasteiger charge is 2.23. The summed E-state index contributed by atoms with van der Waals surface area (Å²) in [6.07, 6.45) is 4.96. The lowest BCUT2D eigenvalue weighted by Gasteiger charge is -2.27. The third kappa shape index (κ3) is 2.38. The molecule has 0 spiro atoms. The molecule has 15 heavy (non-hydrogen) atoms. The molecule has 0 aromatic carbocycles. The number of nitrogens with zero attached hydrogens (tertiary/aromatic N) is 2. The van der Waals surface area contributed by atoms with Crippen LogP contribution in [0.5, 0.6) is 0 Å². The molecular formula is C11H19N3O. The van der Waals surface area contributed by atoms with Gasteiger partial charge in [-0.25, -0.2) is 0 Å². The second-order valence-electron chi connectivity index (χ2n) is 4.12. The van der Waals surface area contributed by atoms with Crippen molar-refractivity contribution in [3.63, 3.8) is 0 Å². The average Bonchev–Trinajstić information content (AvgIpc) is 2.66. The molecule has 4 heteroatoms. The Hall–Kier alpha value is -0.870. The van der Waals surface area contributed by atoms with Crippen molar-refractivity contribution in [2.24, 2.45) is 5.73 Å². The highest BCUT2D eigenvalue weighted by Crippen LogP contribution is 2.27. The van der Waals surface area contributed by atoms with Crippen LogP contribution in [0, 0.1) is 0 Å². The minimum absolute atomic E-state index is 0.141. The molecular weight excluding hydrogens is 190 g/mol. The summed E-state index contributed by atoms with van der Waals surface area (Å²) in [5, 5.41) is 4.30. The molecule has 0 radical (unpaired) electrons. The minimum atomic E-state index is 0.141. The third-order valence-electron chi connectivity index (χ3n) is 2.84. The van der Waals surface area contributed by atoms with Crippen LogP contribution in [0.15, 0.2) is 12.3 Å². The summed E-state index contributed by atoms with van der Waals surface area (Å²) in [5.41, 5.74) is 7.12. The van der Waals surface area contributed by atoms with Crippen molar-refractivity contribution in [3.05, 3.63) is 18.0 Å². The van der Waals surface area contributed by atoms with Gasteiger partial charge in [-0.15, -0.1) is 0 Å². The van der Waals surface area contributed by atoms with Crippen molar-refractivity contribution in [1.82, 2.24) is 9.78 Å². The molecule has 1 fully saturated rings. The number of hydrogen-bond donors (Lipinski definition) is 1. The Morgan fingerprint density at radius 2 is 2.53 bits per heavy atom. The predicted octanol–water partition coefficient (Wildman–Crippen LogP) is 1.47. The normalized spacial score (nSPS) is 26.8. The van der Waals surface area contributed by atoms with E-state index in [-0.39, 0.29) is 12.1 Å². The van der Waals surface area contributed by atoms with E-state index in [4.69, 9.17) is 10.5 Å². The van der Waals surface area contributed by atoms with Gasteiger partial charge >= 0.3 is 0 Å². The van der Waals surface area contributed by atoms with Gasteiger partial charge in [0.15, 0.2) is 0 Å². The van der Waals surface area contributed by atoms with Gasteiger partial charge in [0.05, 0.1) is 5.69 Å². The maximum Gasteiger partial charge on any atom is 0.101 e. The van der Waals surface area contributed by atoms with Crippen LogP contribution in [0.1, 0.15) is 38.0 Å². The largest absolute Gasteiger partial charge is 0.372 e. The maximum absolute atomic E-state index is 5.95. The van der Waals surface area contributed by atoms with Gasteiger partial charge in [0.1, 0.15) is 6.10 Å². The summed E-state index contributed by atoms with van der Waals surface area (Å²) in [6.45, 7) is 3.87. The number of rotatable bonds is 3. The highest BCUT2D eigenvalue weighted by atomic mass is 16.5. The fourth-order valence-electron chi connectivity index (χ4n) is 2.04. The Kier molecular flexibility index (Phi) is 3.38. The molecule has 2 atom stereocenters. The molecule has 1 aliphatic heterocycles. The fourth-order valence-corrected chi connectivity index (χ4v) is 2.04. The second-order valence-corrected chi connectivity index (χ2v) is 4.12. The van der Waals surface area contributed by atoms with Crippen LogP contribution in [-0.4, -0.2) is 22.4 Å². The van der Waals surface area contributed by atoms with Crippen LogP contribution < -0.4 is 5.73 Å². The summed E-state index contributed by atoms with van der Waals surface area (Å²) in [7, 11) is 0. The van der Waals surface area contributed by atoms with Crippen molar-refractivity contribution in [3.8, 4) is 0 Å². The SMILES string of the molecule is CCCn1nccc1C1CC(N)CCO1. The van der Waals surface area contributed by atoms with Crippen molar-refractivity contribution in [2.45, 2.75) is 44.9 Å². The van der Waals surface area contributed by atoms with E-state index in [0.29, 0.717) is 0 Å². The van der Waals surface area contributed by atoms with E-state index >= 15 is 0 Å². The Morgan fingerprint density at radius 3 is 3.27 bits per heavy atom. The Bertz CT molecular complexity index is 311. The molecule has 0 aliphatic carbocycles. The van der Waals surface area contributed by atoms with Crippen LogP contribution in [0.2, 0.25) is 0 Å². The molecule has 2 rings (SSSR count). The van der Waals surface area contributed by atoms with Gasteiger partial charge in [0, 0.05) is 25.4 Å². The van der Waals surface area contributed by atoms with Crippen LogP contribution in [0.25, 0.3) is 0 Å². The van der Waals surface area contributed by atoms with Gasteiger partial charge in [0.2, 0.25) is 0 Å². The maximum atomic E-state index is 5.95. The zero-order valence-electron chi connectivity index (χ0n) is 9.22. The van der Waals surface area contributed by atoms with Gasteiger partial charge in [-0.3, -0.25) is 4.68 Å². The zero-order chi connectivity index (χ0) is 10.7. The molecule has 4 nitrogen and oxygen atoms in total. The summed E-state index contributed by atoms with van der Waals surface area (Å²) in [6, 6.07) is 2.31. The van der Waals surface area contributed by atoms with Crippen molar-refractivity contribution in [1.29, 1.82) is 0 Å². The number of aromatic nitrogens is 2. The lowest BCUT2D eigenvalue weighted by Crippen LogP contribution is -2.31. The molecule has 2 N–H and O–H groups in total. The quantitative estimate of drug-likeness (QED) is 0.820. The number of hydrogen-bond acceptors (Lipinski definition) is 3. The fraction of sp³-hybridized carbons (Fsp3) is 0.727. The second kappa shape index (κ2) is 4.77. The van der Waals surface area contributed by atoms with E-state index in [1.165, 1.54) is 5.69 Å². The van der Waals surface area contributed by atoms with Crippen LogP contribution >= 0.6 is 0 Å². The number of aryl methyl sites for hydroxylation is 1. The zero-order valence-corrected chi connectivity index (χ0v) is 9.22. The first-order valence-corrected chi connectivity index (χ1v) is 5.70. The first kappa shape index (κ1) is 10.6. The van der Waals surface area contributed by atoms with Crippen molar-refractivity contribution in [2.75, 3.05) is 6.61 Å². The average molecular weight is 209 g/mol. The number of nitrogens with two attached hydrogens (primary N) is 1. The van der Waals surface area contributed by atoms with Crippen molar-refractivity contribution < 1.29 is 4.74 Å². The Morgan fingerprint density at radius 1 is 1.67 bits per heavy atom. The summed E-state index contributed by atoms with van der Waals surface area (Å²) < 4.78 is 7.77. The van der Waals surface area contributed by atoms with Gasteiger partial charge in [-0.2, -0.15) is 5.10 Å². The van der Waals surface area contributed by atoms with E-state index in [0.717, 1.165) is 32.4 Å². The van der Waals surface area contributed by atoms with Crippen molar-refractivity contribution >= 4 is 0 Å². The van der Waals surface area contributed by atoms with Gasteiger partial charge in [-0.1, -0.05) is 6.92 Å². The molecule has 2 heterocycles. The summed E-state index contributed by atoms with van der Waals surface area (Å²) >= 11 is 0. The Labute approximate surface area is 90.4 Å². The van der Waals surface area contributed by atoms with Crippen LogP contribution in [0.4, 0.5) is 0 Å². The van der Waals surface area contributed by atoms with Crippen LogP contribution in [0.3, 0.4) is 0 Å². The lowest BCUT2D eigenvalue weighted by molar-refractivity contribution is 0.00137.